The fourth-order valence-corrected chi connectivity index (χ4v) is 3.07. The molecule has 0 bridgehead atoms. The lowest BCUT2D eigenvalue weighted by atomic mass is 10.00. The number of nitrogens with zero attached hydrogens (tertiary/aromatic N) is 2. The Morgan fingerprint density at radius 3 is 2.42 bits per heavy atom. The van der Waals surface area contributed by atoms with Crippen LogP contribution in [0.15, 0.2) is 59.3 Å². The summed E-state index contributed by atoms with van der Waals surface area (Å²) in [5.41, 5.74) is 10.3. The zero-order valence-electron chi connectivity index (χ0n) is 12.4. The lowest BCUT2D eigenvalue weighted by Crippen LogP contribution is -1.91. The largest absolute Gasteiger partial charge is 0.383 e. The van der Waals surface area contributed by atoms with Gasteiger partial charge in [-0.25, -0.2) is 9.37 Å². The summed E-state index contributed by atoms with van der Waals surface area (Å²) in [6, 6.07) is 12.2. The molecule has 0 amide bonds. The third kappa shape index (κ3) is 2.45. The van der Waals surface area contributed by atoms with Crippen LogP contribution >= 0.6 is 15.9 Å². The van der Waals surface area contributed by atoms with Crippen LogP contribution in [0, 0.1) is 5.82 Å². The van der Waals surface area contributed by atoms with E-state index in [1.807, 2.05) is 18.2 Å². The lowest BCUT2D eigenvalue weighted by Gasteiger charge is -2.05. The van der Waals surface area contributed by atoms with E-state index in [4.69, 9.17) is 5.73 Å². The van der Waals surface area contributed by atoms with E-state index >= 15 is 0 Å². The van der Waals surface area contributed by atoms with E-state index in [0.717, 1.165) is 32.2 Å². The molecular weight excluding hydrogens is 371 g/mol. The number of aromatic amines is 1. The molecule has 0 fully saturated rings. The van der Waals surface area contributed by atoms with Gasteiger partial charge in [-0.05, 0) is 69.5 Å². The molecule has 3 aromatic heterocycles. The maximum Gasteiger partial charge on any atom is 0.140 e. The number of rotatable bonds is 2. The number of benzene rings is 1. The number of anilines is 1. The van der Waals surface area contributed by atoms with E-state index in [1.54, 1.807) is 24.5 Å². The second-order valence-electron chi connectivity index (χ2n) is 5.37. The van der Waals surface area contributed by atoms with E-state index in [2.05, 4.69) is 30.9 Å². The van der Waals surface area contributed by atoms with Crippen molar-refractivity contribution < 1.29 is 4.39 Å². The summed E-state index contributed by atoms with van der Waals surface area (Å²) in [7, 11) is 0. The Bertz CT molecular complexity index is 1030. The zero-order valence-corrected chi connectivity index (χ0v) is 14.0. The van der Waals surface area contributed by atoms with Crippen molar-refractivity contribution in [3.63, 3.8) is 0 Å². The van der Waals surface area contributed by atoms with Crippen LogP contribution in [0.25, 0.3) is 33.4 Å². The highest BCUT2D eigenvalue weighted by Crippen LogP contribution is 2.39. The minimum Gasteiger partial charge on any atom is -0.383 e. The Balaban J connectivity index is 2.07. The van der Waals surface area contributed by atoms with Crippen molar-refractivity contribution in [1.29, 1.82) is 0 Å². The van der Waals surface area contributed by atoms with Crippen LogP contribution in [0.3, 0.4) is 0 Å². The monoisotopic (exact) mass is 382 g/mol. The first-order valence-corrected chi connectivity index (χ1v) is 8.07. The summed E-state index contributed by atoms with van der Waals surface area (Å²) in [5, 5.41) is 0.932. The van der Waals surface area contributed by atoms with Crippen molar-refractivity contribution in [2.45, 2.75) is 0 Å². The molecule has 3 heterocycles. The summed E-state index contributed by atoms with van der Waals surface area (Å²) in [4.78, 5) is 11.8. The van der Waals surface area contributed by atoms with Crippen LogP contribution in [0.4, 0.5) is 10.2 Å². The zero-order chi connectivity index (χ0) is 16.7. The third-order valence-corrected chi connectivity index (χ3v) is 4.50. The van der Waals surface area contributed by atoms with Gasteiger partial charge < -0.3 is 10.7 Å². The molecular formula is C18H12BrFN4. The van der Waals surface area contributed by atoms with E-state index in [1.165, 1.54) is 12.1 Å². The fourth-order valence-electron chi connectivity index (χ4n) is 2.76. The normalized spacial score (nSPS) is 11.1. The summed E-state index contributed by atoms with van der Waals surface area (Å²) in [5.74, 6) is 0.140. The molecule has 0 aliphatic heterocycles. The van der Waals surface area contributed by atoms with Crippen LogP contribution in [0.1, 0.15) is 0 Å². The number of fused-ring (bicyclic) bond motifs is 1. The molecule has 0 radical (unpaired) electrons. The molecule has 0 aliphatic carbocycles. The minimum atomic E-state index is -0.273. The third-order valence-electron chi connectivity index (χ3n) is 3.87. The summed E-state index contributed by atoms with van der Waals surface area (Å²) >= 11 is 3.43. The molecule has 1 aromatic carbocycles. The molecule has 4 nitrogen and oxygen atoms in total. The van der Waals surface area contributed by atoms with Gasteiger partial charge in [0.05, 0.1) is 10.2 Å². The highest BCUT2D eigenvalue weighted by molar-refractivity contribution is 9.10. The summed E-state index contributed by atoms with van der Waals surface area (Å²) < 4.78 is 14.0. The molecule has 3 N–H and O–H groups in total. The number of H-pyrrole nitrogens is 1. The maximum absolute atomic E-state index is 13.3. The number of hydrogen-bond acceptors (Lipinski definition) is 3. The first-order chi connectivity index (χ1) is 11.6. The van der Waals surface area contributed by atoms with Gasteiger partial charge in [0.1, 0.15) is 17.3 Å². The highest BCUT2D eigenvalue weighted by Gasteiger charge is 2.17. The Morgan fingerprint density at radius 1 is 1.00 bits per heavy atom. The molecule has 0 spiro atoms. The molecule has 4 rings (SSSR count). The number of hydrogen-bond donors (Lipinski definition) is 2. The molecule has 118 valence electrons. The summed E-state index contributed by atoms with van der Waals surface area (Å²) in [6.45, 7) is 0. The van der Waals surface area contributed by atoms with Gasteiger partial charge in [0.2, 0.25) is 0 Å². The van der Waals surface area contributed by atoms with Gasteiger partial charge in [-0.2, -0.15) is 0 Å². The van der Waals surface area contributed by atoms with Gasteiger partial charge in [0.25, 0.3) is 0 Å². The van der Waals surface area contributed by atoms with Gasteiger partial charge in [-0.15, -0.1) is 0 Å². The Labute approximate surface area is 145 Å². The summed E-state index contributed by atoms with van der Waals surface area (Å²) in [6.07, 6.45) is 3.48. The van der Waals surface area contributed by atoms with Crippen LogP contribution in [-0.4, -0.2) is 15.0 Å². The number of halogens is 2. The van der Waals surface area contributed by atoms with Gasteiger partial charge in [-0.3, -0.25) is 4.98 Å². The van der Waals surface area contributed by atoms with Crippen molar-refractivity contribution in [2.24, 2.45) is 0 Å². The van der Waals surface area contributed by atoms with Gasteiger partial charge >= 0.3 is 0 Å². The predicted octanol–water partition coefficient (Wildman–Crippen LogP) is 4.78. The highest BCUT2D eigenvalue weighted by atomic mass is 79.9. The number of aromatic nitrogens is 3. The Hall–Kier alpha value is -2.73. The number of nitrogens with two attached hydrogens (primary N) is 1. The molecule has 0 atom stereocenters. The standard InChI is InChI=1S/C18H12BrFN4/c19-14-9-13-15(10-5-7-22-8-6-10)16(23-18(13)24-17(14)21)11-1-3-12(20)4-2-11/h1-9H,(H3,21,23,24). The molecule has 24 heavy (non-hydrogen) atoms. The average Bonchev–Trinajstić information content (AvgIpc) is 2.95. The lowest BCUT2D eigenvalue weighted by molar-refractivity contribution is 0.628. The van der Waals surface area contributed by atoms with Crippen LogP contribution in [0.2, 0.25) is 0 Å². The van der Waals surface area contributed by atoms with Crippen molar-refractivity contribution >= 4 is 32.8 Å². The van der Waals surface area contributed by atoms with Crippen molar-refractivity contribution in [2.75, 3.05) is 5.73 Å². The van der Waals surface area contributed by atoms with Crippen molar-refractivity contribution in [3.05, 3.63) is 65.1 Å². The van der Waals surface area contributed by atoms with Crippen molar-refractivity contribution in [3.8, 4) is 22.4 Å². The number of pyridine rings is 2. The first kappa shape index (κ1) is 14.8. The second-order valence-corrected chi connectivity index (χ2v) is 6.22. The Morgan fingerprint density at radius 2 is 1.71 bits per heavy atom. The molecule has 4 aromatic rings. The minimum absolute atomic E-state index is 0.273. The van der Waals surface area contributed by atoms with E-state index in [9.17, 15) is 4.39 Å². The maximum atomic E-state index is 13.3. The molecule has 6 heteroatoms. The second kappa shape index (κ2) is 5.72. The van der Waals surface area contributed by atoms with Gasteiger partial charge in [-0.1, -0.05) is 0 Å². The molecule has 0 saturated heterocycles. The van der Waals surface area contributed by atoms with Crippen LogP contribution < -0.4 is 5.73 Å². The van der Waals surface area contributed by atoms with Crippen LogP contribution in [-0.2, 0) is 0 Å². The Kier molecular flexibility index (Phi) is 3.54. The molecule has 0 saturated carbocycles. The fraction of sp³-hybridized carbons (Fsp3) is 0. The van der Waals surface area contributed by atoms with Gasteiger partial charge in [0.15, 0.2) is 0 Å². The van der Waals surface area contributed by atoms with E-state index in [0.29, 0.717) is 11.5 Å². The first-order valence-electron chi connectivity index (χ1n) is 7.27. The van der Waals surface area contributed by atoms with Gasteiger partial charge in [0, 0.05) is 23.3 Å². The predicted molar refractivity (Wildman–Crippen MR) is 96.8 cm³/mol. The van der Waals surface area contributed by atoms with Crippen LogP contribution in [0.5, 0.6) is 0 Å². The topological polar surface area (TPSA) is 67.6 Å². The van der Waals surface area contributed by atoms with E-state index in [-0.39, 0.29) is 5.82 Å². The quantitative estimate of drug-likeness (QED) is 0.524. The van der Waals surface area contributed by atoms with E-state index < -0.39 is 0 Å². The molecule has 0 aliphatic rings. The SMILES string of the molecule is Nc1nc2[nH]c(-c3ccc(F)cc3)c(-c3ccncc3)c2cc1Br. The average molecular weight is 383 g/mol. The van der Waals surface area contributed by atoms with Crippen molar-refractivity contribution in [1.82, 2.24) is 15.0 Å². The smallest absolute Gasteiger partial charge is 0.140 e. The molecule has 0 unspecified atom stereocenters. The number of nitrogens with one attached hydrogen (secondary N) is 1. The number of nitrogen functional groups attached to an aromatic ring is 1.